The maximum Gasteiger partial charge on any atom is 0.246 e. The number of hydrogen-bond donors (Lipinski definition) is 0. The lowest BCUT2D eigenvalue weighted by molar-refractivity contribution is -0.118. The molecule has 2 aliphatic rings. The van der Waals surface area contributed by atoms with Crippen molar-refractivity contribution in [1.29, 1.82) is 0 Å². The Morgan fingerprint density at radius 1 is 1.20 bits per heavy atom. The van der Waals surface area contributed by atoms with Crippen LogP contribution in [0.5, 0.6) is 0 Å². The molecule has 0 spiro atoms. The van der Waals surface area contributed by atoms with Gasteiger partial charge in [-0.25, -0.2) is 4.99 Å². The summed E-state index contributed by atoms with van der Waals surface area (Å²) in [6.07, 6.45) is 3.19. The number of carbonyl (C=O) groups is 1. The van der Waals surface area contributed by atoms with Gasteiger partial charge in [-0.2, -0.15) is 0 Å². The third-order valence-electron chi connectivity index (χ3n) is 3.04. The Labute approximate surface area is 131 Å². The number of allylic oxidation sites excluding steroid dienone is 3. The fourth-order valence-electron chi connectivity index (χ4n) is 2.14. The molecule has 1 aliphatic heterocycles. The third-order valence-corrected chi connectivity index (χ3v) is 3.85. The van der Waals surface area contributed by atoms with Crippen molar-refractivity contribution in [3.8, 4) is 0 Å². The van der Waals surface area contributed by atoms with Crippen LogP contribution in [0.4, 0.5) is 5.69 Å². The Kier molecular flexibility index (Phi) is 3.46. The highest BCUT2D eigenvalue weighted by Crippen LogP contribution is 2.31. The maximum absolute atomic E-state index is 12.6. The summed E-state index contributed by atoms with van der Waals surface area (Å²) in [6.45, 7) is 0. The van der Waals surface area contributed by atoms with Crippen molar-refractivity contribution < 1.29 is 4.79 Å². The summed E-state index contributed by atoms with van der Waals surface area (Å²) in [5.74, 6) is -0.789. The van der Waals surface area contributed by atoms with Gasteiger partial charge in [0.1, 0.15) is 5.92 Å². The minimum absolute atomic E-state index is 0.186. The van der Waals surface area contributed by atoms with Crippen LogP contribution < -0.4 is 4.90 Å². The predicted molar refractivity (Wildman–Crippen MR) is 85.3 cm³/mol. The summed E-state index contributed by atoms with van der Waals surface area (Å²) >= 11 is 17.3. The Bertz CT molecular complexity index is 694. The molecule has 0 fully saturated rings. The molecule has 20 heavy (non-hydrogen) atoms. The Morgan fingerprint density at radius 2 is 1.90 bits per heavy atom. The number of fused-ring (bicyclic) bond motifs is 1. The lowest BCUT2D eigenvalue weighted by Gasteiger charge is -2.31. The molecule has 0 aromatic heterocycles. The quantitative estimate of drug-likeness (QED) is 0.739. The molecule has 1 unspecified atom stereocenters. The van der Waals surface area contributed by atoms with Crippen molar-refractivity contribution in [3.63, 3.8) is 0 Å². The monoisotopic (exact) mass is 322 g/mol. The van der Waals surface area contributed by atoms with E-state index < -0.39 is 5.92 Å². The summed E-state index contributed by atoms with van der Waals surface area (Å²) in [6, 6.07) is 9.14. The number of amides is 1. The molecule has 0 N–H and O–H groups in total. The molecule has 1 atom stereocenters. The molecule has 6 heteroatoms. The first-order valence-corrected chi connectivity index (χ1v) is 7.01. The molecular formula is C14H8Cl2N2OS. The lowest BCUT2D eigenvalue weighted by atomic mass is 9.95. The minimum Gasteiger partial charge on any atom is -0.273 e. The number of halogens is 2. The lowest BCUT2D eigenvalue weighted by Crippen LogP contribution is -2.46. The standard InChI is InChI=1S/C14H8Cl2N2OS/c15-8-6-10-12(11(16)7-8)17-14(20)18(13(10)19)9-4-2-1-3-5-9/h1-7,10H. The number of benzene rings is 1. The molecule has 1 aromatic rings. The van der Waals surface area contributed by atoms with E-state index in [0.29, 0.717) is 21.5 Å². The Morgan fingerprint density at radius 3 is 2.60 bits per heavy atom. The van der Waals surface area contributed by atoms with Crippen LogP contribution in [0, 0.1) is 5.92 Å². The van der Waals surface area contributed by atoms with E-state index in [1.54, 1.807) is 24.3 Å². The van der Waals surface area contributed by atoms with Crippen molar-refractivity contribution in [3.05, 3.63) is 52.5 Å². The van der Waals surface area contributed by atoms with Crippen molar-refractivity contribution in [2.24, 2.45) is 10.9 Å². The van der Waals surface area contributed by atoms with Crippen LogP contribution in [0.2, 0.25) is 0 Å². The molecule has 1 amide bonds. The summed E-state index contributed by atoms with van der Waals surface area (Å²) in [4.78, 5) is 18.3. The largest absolute Gasteiger partial charge is 0.273 e. The van der Waals surface area contributed by atoms with Crippen LogP contribution in [0.1, 0.15) is 0 Å². The molecule has 1 aliphatic carbocycles. The van der Waals surface area contributed by atoms with E-state index in [2.05, 4.69) is 4.99 Å². The number of para-hydroxylation sites is 1. The molecule has 1 heterocycles. The van der Waals surface area contributed by atoms with Gasteiger partial charge >= 0.3 is 0 Å². The van der Waals surface area contributed by atoms with Crippen LogP contribution in [0.3, 0.4) is 0 Å². The summed E-state index contributed by atoms with van der Waals surface area (Å²) in [7, 11) is 0. The fourth-order valence-corrected chi connectivity index (χ4v) is 3.00. The van der Waals surface area contributed by atoms with E-state index in [0.717, 1.165) is 0 Å². The third kappa shape index (κ3) is 2.20. The molecule has 0 radical (unpaired) electrons. The molecule has 3 rings (SSSR count). The summed E-state index contributed by atoms with van der Waals surface area (Å²) < 4.78 is 0. The fraction of sp³-hybridized carbons (Fsp3) is 0.0714. The zero-order chi connectivity index (χ0) is 14.3. The summed E-state index contributed by atoms with van der Waals surface area (Å²) in [5.41, 5.74) is 1.14. The molecule has 100 valence electrons. The second-order valence-corrected chi connectivity index (χ2v) is 5.52. The number of hydrogen-bond acceptors (Lipinski definition) is 2. The molecule has 0 bridgehead atoms. The molecule has 3 nitrogen and oxygen atoms in total. The number of aliphatic imine (C=N–C) groups is 1. The van der Waals surface area contributed by atoms with Gasteiger partial charge in [-0.3, -0.25) is 9.69 Å². The SMILES string of the molecule is O=C1C2C=C(Cl)C=C(Cl)C2=NC(=S)N1c1ccccc1. The van der Waals surface area contributed by atoms with Crippen molar-refractivity contribution in [2.45, 2.75) is 0 Å². The van der Waals surface area contributed by atoms with E-state index >= 15 is 0 Å². The van der Waals surface area contributed by atoms with Gasteiger partial charge in [-0.15, -0.1) is 0 Å². The van der Waals surface area contributed by atoms with Gasteiger partial charge in [-0.1, -0.05) is 41.4 Å². The van der Waals surface area contributed by atoms with Gasteiger partial charge < -0.3 is 0 Å². The van der Waals surface area contributed by atoms with E-state index in [-0.39, 0.29) is 11.0 Å². The van der Waals surface area contributed by atoms with Crippen LogP contribution in [0.25, 0.3) is 0 Å². The highest BCUT2D eigenvalue weighted by atomic mass is 35.5. The Hall–Kier alpha value is -1.49. The number of carbonyl (C=O) groups excluding carboxylic acids is 1. The normalized spacial score (nSPS) is 22.0. The highest BCUT2D eigenvalue weighted by molar-refractivity contribution is 7.80. The van der Waals surface area contributed by atoms with E-state index in [4.69, 9.17) is 35.4 Å². The van der Waals surface area contributed by atoms with Crippen LogP contribution in [-0.2, 0) is 4.79 Å². The van der Waals surface area contributed by atoms with E-state index in [1.165, 1.54) is 4.90 Å². The van der Waals surface area contributed by atoms with Crippen molar-refractivity contribution in [1.82, 2.24) is 0 Å². The van der Waals surface area contributed by atoms with Gasteiger partial charge in [0.15, 0.2) is 0 Å². The number of rotatable bonds is 1. The topological polar surface area (TPSA) is 32.7 Å². The van der Waals surface area contributed by atoms with Crippen LogP contribution in [0.15, 0.2) is 57.5 Å². The first-order chi connectivity index (χ1) is 9.58. The second-order valence-electron chi connectivity index (χ2n) is 4.31. The minimum atomic E-state index is -0.591. The van der Waals surface area contributed by atoms with Crippen LogP contribution >= 0.6 is 35.4 Å². The van der Waals surface area contributed by atoms with Crippen molar-refractivity contribution in [2.75, 3.05) is 4.90 Å². The molecule has 1 aromatic carbocycles. The summed E-state index contributed by atoms with van der Waals surface area (Å²) in [5, 5.41) is 0.962. The molecule has 0 saturated heterocycles. The second kappa shape index (κ2) is 5.13. The smallest absolute Gasteiger partial charge is 0.246 e. The van der Waals surface area contributed by atoms with Crippen molar-refractivity contribution >= 4 is 57.8 Å². The first kappa shape index (κ1) is 13.5. The predicted octanol–water partition coefficient (Wildman–Crippen LogP) is 3.63. The average molecular weight is 323 g/mol. The average Bonchev–Trinajstić information content (AvgIpc) is 2.42. The van der Waals surface area contributed by atoms with Gasteiger partial charge in [0, 0.05) is 5.03 Å². The van der Waals surface area contributed by atoms with Gasteiger partial charge in [0.2, 0.25) is 11.0 Å². The zero-order valence-corrected chi connectivity index (χ0v) is 12.4. The number of anilines is 1. The Balaban J connectivity index is 2.09. The maximum atomic E-state index is 12.6. The van der Waals surface area contributed by atoms with Gasteiger partial charge in [-0.05, 0) is 36.5 Å². The number of thiocarbonyl (C=S) groups is 1. The van der Waals surface area contributed by atoms with Gasteiger partial charge in [0.25, 0.3) is 0 Å². The van der Waals surface area contributed by atoms with Gasteiger partial charge in [0.05, 0.1) is 16.4 Å². The van der Waals surface area contributed by atoms with E-state index in [1.807, 2.05) is 18.2 Å². The molecular weight excluding hydrogens is 315 g/mol. The number of nitrogens with zero attached hydrogens (tertiary/aromatic N) is 2. The molecule has 0 saturated carbocycles. The highest BCUT2D eigenvalue weighted by Gasteiger charge is 2.37. The van der Waals surface area contributed by atoms with E-state index in [9.17, 15) is 4.79 Å². The zero-order valence-electron chi connectivity index (χ0n) is 10.1. The van der Waals surface area contributed by atoms with Crippen LogP contribution in [-0.4, -0.2) is 16.7 Å². The first-order valence-electron chi connectivity index (χ1n) is 5.84.